The third-order valence-electron chi connectivity index (χ3n) is 4.66. The zero-order valence-corrected chi connectivity index (χ0v) is 14.2. The number of nitrogens with one attached hydrogen (secondary N) is 1. The van der Waals surface area contributed by atoms with E-state index < -0.39 is 11.6 Å². The Hall–Kier alpha value is -3.29. The van der Waals surface area contributed by atoms with Crippen LogP contribution in [0.3, 0.4) is 0 Å². The number of amides is 1. The molecule has 1 N–H and O–H groups in total. The lowest BCUT2D eigenvalue weighted by Crippen LogP contribution is -2.33. The first-order chi connectivity index (χ1) is 13.0. The number of halogens is 2. The fourth-order valence-corrected chi connectivity index (χ4v) is 3.40. The molecule has 1 aromatic carbocycles. The first-order valence-electron chi connectivity index (χ1n) is 8.55. The van der Waals surface area contributed by atoms with Gasteiger partial charge >= 0.3 is 0 Å². The van der Waals surface area contributed by atoms with Gasteiger partial charge in [-0.05, 0) is 37.5 Å². The van der Waals surface area contributed by atoms with Crippen LogP contribution < -0.4 is 10.0 Å². The molecule has 2 heterocycles. The summed E-state index contributed by atoms with van der Waals surface area (Å²) in [7, 11) is 0. The summed E-state index contributed by atoms with van der Waals surface area (Å²) in [6.07, 6.45) is 6.27. The van der Waals surface area contributed by atoms with Gasteiger partial charge in [-0.25, -0.2) is 13.5 Å². The highest BCUT2D eigenvalue weighted by atomic mass is 19.1. The Balaban J connectivity index is 1.63. The minimum absolute atomic E-state index is 0.167. The molecule has 8 heteroatoms. The van der Waals surface area contributed by atoms with Crippen LogP contribution in [0, 0.1) is 16.8 Å². The highest BCUT2D eigenvalue weighted by Crippen LogP contribution is 2.31. The van der Waals surface area contributed by atoms with Crippen LogP contribution in [0.25, 0.3) is 5.69 Å². The van der Waals surface area contributed by atoms with Crippen LogP contribution >= 0.6 is 0 Å². The third kappa shape index (κ3) is 3.25. The normalized spacial score (nSPS) is 16.0. The monoisotopic (exact) mass is 370 g/mol. The molecule has 1 aliphatic carbocycles. The SMILES string of the molecule is O=C(N[C@H]1CCCc2c1cnn2-c1ccc(F)cc1F)c1ccc[n+]([O-])c1. The number of hydrogen-bond donors (Lipinski definition) is 1. The van der Waals surface area contributed by atoms with Crippen molar-refractivity contribution in [2.45, 2.75) is 25.3 Å². The molecule has 0 aliphatic heterocycles. The second-order valence-electron chi connectivity index (χ2n) is 6.42. The lowest BCUT2D eigenvalue weighted by Gasteiger charge is -2.24. The first kappa shape index (κ1) is 17.1. The van der Waals surface area contributed by atoms with Gasteiger partial charge in [-0.2, -0.15) is 9.83 Å². The van der Waals surface area contributed by atoms with Crippen molar-refractivity contribution in [2.75, 3.05) is 0 Å². The molecule has 2 aromatic heterocycles. The van der Waals surface area contributed by atoms with Crippen LogP contribution in [0.2, 0.25) is 0 Å². The molecular formula is C19H16F2N4O2. The number of hydrogen-bond acceptors (Lipinski definition) is 3. The summed E-state index contributed by atoms with van der Waals surface area (Å²) in [5.74, 6) is -1.71. The lowest BCUT2D eigenvalue weighted by molar-refractivity contribution is -0.605. The predicted octanol–water partition coefficient (Wildman–Crippen LogP) is 2.59. The van der Waals surface area contributed by atoms with Gasteiger partial charge in [-0.3, -0.25) is 4.79 Å². The van der Waals surface area contributed by atoms with Crippen LogP contribution in [0.15, 0.2) is 48.9 Å². The Bertz CT molecular complexity index is 1020. The van der Waals surface area contributed by atoms with Crippen molar-refractivity contribution in [2.24, 2.45) is 0 Å². The molecule has 0 unspecified atom stereocenters. The quantitative estimate of drug-likeness (QED) is 0.569. The average Bonchev–Trinajstić information content (AvgIpc) is 3.07. The number of carbonyl (C=O) groups is 1. The maximum absolute atomic E-state index is 14.1. The molecule has 0 saturated carbocycles. The zero-order chi connectivity index (χ0) is 19.0. The second-order valence-corrected chi connectivity index (χ2v) is 6.42. The van der Waals surface area contributed by atoms with Gasteiger partial charge in [-0.15, -0.1) is 0 Å². The van der Waals surface area contributed by atoms with Crippen LogP contribution in [-0.2, 0) is 6.42 Å². The Morgan fingerprint density at radius 1 is 1.33 bits per heavy atom. The van der Waals surface area contributed by atoms with Crippen LogP contribution in [0.5, 0.6) is 0 Å². The van der Waals surface area contributed by atoms with Crippen molar-refractivity contribution in [3.8, 4) is 5.69 Å². The van der Waals surface area contributed by atoms with Crippen LogP contribution in [0.1, 0.15) is 40.5 Å². The summed E-state index contributed by atoms with van der Waals surface area (Å²) < 4.78 is 29.4. The van der Waals surface area contributed by atoms with Gasteiger partial charge in [0.15, 0.2) is 18.2 Å². The van der Waals surface area contributed by atoms with E-state index in [1.807, 2.05) is 0 Å². The van der Waals surface area contributed by atoms with E-state index in [0.717, 1.165) is 23.7 Å². The maximum Gasteiger partial charge on any atom is 0.257 e. The number of benzene rings is 1. The van der Waals surface area contributed by atoms with Gasteiger partial charge < -0.3 is 10.5 Å². The number of carbonyl (C=O) groups excluding carboxylic acids is 1. The topological polar surface area (TPSA) is 73.9 Å². The van der Waals surface area contributed by atoms with Gasteiger partial charge in [0.25, 0.3) is 5.91 Å². The van der Waals surface area contributed by atoms with Gasteiger partial charge in [-0.1, -0.05) is 0 Å². The van der Waals surface area contributed by atoms with Crippen molar-refractivity contribution < 1.29 is 18.3 Å². The molecule has 0 fully saturated rings. The summed E-state index contributed by atoms with van der Waals surface area (Å²) in [5.41, 5.74) is 2.00. The van der Waals surface area contributed by atoms with Crippen LogP contribution in [0.4, 0.5) is 8.78 Å². The van der Waals surface area contributed by atoms with Crippen molar-refractivity contribution in [3.05, 3.63) is 82.6 Å². The van der Waals surface area contributed by atoms with Crippen molar-refractivity contribution >= 4 is 5.91 Å². The average molecular weight is 370 g/mol. The zero-order valence-electron chi connectivity index (χ0n) is 14.2. The lowest BCUT2D eigenvalue weighted by atomic mass is 9.92. The maximum atomic E-state index is 14.1. The fourth-order valence-electron chi connectivity index (χ4n) is 3.40. The van der Waals surface area contributed by atoms with E-state index in [0.29, 0.717) is 17.6 Å². The van der Waals surface area contributed by atoms with E-state index in [9.17, 15) is 18.8 Å². The molecule has 1 aliphatic rings. The highest BCUT2D eigenvalue weighted by molar-refractivity contribution is 5.93. The molecule has 0 radical (unpaired) electrons. The van der Waals surface area contributed by atoms with E-state index >= 15 is 0 Å². The second kappa shape index (κ2) is 6.79. The standard InChI is InChI=1S/C19H16F2N4O2/c20-13-6-7-18(15(21)9-13)25-17-5-1-4-16(14(17)10-22-25)23-19(26)12-3-2-8-24(27)11-12/h2-3,6-11,16H,1,4-5H2,(H,23,26)/t16-/m0/s1. The molecule has 138 valence electrons. The summed E-state index contributed by atoms with van der Waals surface area (Å²) in [6, 6.07) is 6.12. The number of pyridine rings is 1. The molecule has 1 atom stereocenters. The molecule has 3 aromatic rings. The van der Waals surface area contributed by atoms with Crippen molar-refractivity contribution in [3.63, 3.8) is 0 Å². The van der Waals surface area contributed by atoms with E-state index in [-0.39, 0.29) is 23.2 Å². The minimum Gasteiger partial charge on any atom is -0.619 e. The van der Waals surface area contributed by atoms with E-state index in [1.54, 1.807) is 12.3 Å². The number of nitrogens with zero attached hydrogens (tertiary/aromatic N) is 3. The molecule has 1 amide bonds. The Labute approximate surface area is 153 Å². The molecular weight excluding hydrogens is 354 g/mol. The molecule has 27 heavy (non-hydrogen) atoms. The fraction of sp³-hybridized carbons (Fsp3) is 0.211. The van der Waals surface area contributed by atoms with Gasteiger partial charge in [0.05, 0.1) is 12.2 Å². The van der Waals surface area contributed by atoms with E-state index in [1.165, 1.54) is 35.3 Å². The smallest absolute Gasteiger partial charge is 0.257 e. The Morgan fingerprint density at radius 2 is 2.19 bits per heavy atom. The summed E-state index contributed by atoms with van der Waals surface area (Å²) in [6.45, 7) is 0. The molecule has 4 rings (SSSR count). The number of fused-ring (bicyclic) bond motifs is 1. The van der Waals surface area contributed by atoms with Gasteiger partial charge in [0.2, 0.25) is 0 Å². The van der Waals surface area contributed by atoms with Gasteiger partial charge in [0.1, 0.15) is 17.1 Å². The summed E-state index contributed by atoms with van der Waals surface area (Å²) in [4.78, 5) is 12.5. The third-order valence-corrected chi connectivity index (χ3v) is 4.66. The highest BCUT2D eigenvalue weighted by Gasteiger charge is 2.27. The van der Waals surface area contributed by atoms with Crippen molar-refractivity contribution in [1.82, 2.24) is 15.1 Å². The largest absolute Gasteiger partial charge is 0.619 e. The molecule has 0 bridgehead atoms. The van der Waals surface area contributed by atoms with E-state index in [4.69, 9.17) is 0 Å². The first-order valence-corrected chi connectivity index (χ1v) is 8.55. The van der Waals surface area contributed by atoms with E-state index in [2.05, 4.69) is 10.4 Å². The number of rotatable bonds is 3. The Morgan fingerprint density at radius 3 is 2.96 bits per heavy atom. The van der Waals surface area contributed by atoms with Gasteiger partial charge in [0, 0.05) is 23.4 Å². The molecule has 6 nitrogen and oxygen atoms in total. The van der Waals surface area contributed by atoms with Crippen LogP contribution in [-0.4, -0.2) is 15.7 Å². The molecule has 0 spiro atoms. The molecule has 0 saturated heterocycles. The minimum atomic E-state index is -0.698. The van der Waals surface area contributed by atoms with Crippen molar-refractivity contribution in [1.29, 1.82) is 0 Å². The predicted molar refractivity (Wildman–Crippen MR) is 92.0 cm³/mol. The summed E-state index contributed by atoms with van der Waals surface area (Å²) in [5, 5.41) is 18.5. The summed E-state index contributed by atoms with van der Waals surface area (Å²) >= 11 is 0. The Kier molecular flexibility index (Phi) is 4.31. The number of aromatic nitrogens is 3.